The maximum atomic E-state index is 11.9. The van der Waals surface area contributed by atoms with Gasteiger partial charge in [0.2, 0.25) is 5.91 Å². The molecule has 3 rings (SSSR count). The van der Waals surface area contributed by atoms with Crippen LogP contribution in [0.5, 0.6) is 0 Å². The lowest BCUT2D eigenvalue weighted by atomic mass is 10.2. The number of fused-ring (bicyclic) bond motifs is 1. The van der Waals surface area contributed by atoms with Crippen molar-refractivity contribution in [3.8, 4) is 0 Å². The first-order valence-electron chi connectivity index (χ1n) is 6.69. The number of benzene rings is 1. The van der Waals surface area contributed by atoms with Crippen LogP contribution in [0.3, 0.4) is 0 Å². The van der Waals surface area contributed by atoms with Gasteiger partial charge in [0.25, 0.3) is 5.03 Å². The van der Waals surface area contributed by atoms with E-state index in [4.69, 9.17) is 0 Å². The molecule has 1 amide bonds. The number of amides is 1. The molecule has 0 aliphatic carbocycles. The molecule has 1 N–H and O–H groups in total. The van der Waals surface area contributed by atoms with Gasteiger partial charge in [0.15, 0.2) is 6.20 Å². The van der Waals surface area contributed by atoms with E-state index in [9.17, 15) is 10.0 Å². The van der Waals surface area contributed by atoms with Gasteiger partial charge in [-0.25, -0.2) is 4.98 Å². The van der Waals surface area contributed by atoms with Gasteiger partial charge in [-0.1, -0.05) is 18.2 Å². The number of para-hydroxylation sites is 1. The highest BCUT2D eigenvalue weighted by Crippen LogP contribution is 2.16. The van der Waals surface area contributed by atoms with Crippen molar-refractivity contribution in [3.05, 3.63) is 66.0 Å². The number of carbonyl (C=O) groups excluding carboxylic acids is 1. The van der Waals surface area contributed by atoms with Gasteiger partial charge >= 0.3 is 0 Å². The molecule has 0 saturated carbocycles. The van der Waals surface area contributed by atoms with Crippen LogP contribution in [0.15, 0.2) is 65.8 Å². The van der Waals surface area contributed by atoms with Crippen LogP contribution in [0.25, 0.3) is 10.9 Å². The minimum Gasteiger partial charge on any atom is -0.618 e. The number of pyridine rings is 2. The molecular formula is C16H13N3O2S. The minimum atomic E-state index is -0.198. The Kier molecular flexibility index (Phi) is 4.20. The normalized spacial score (nSPS) is 10.5. The van der Waals surface area contributed by atoms with Crippen LogP contribution < -0.4 is 10.0 Å². The number of hydrogen-bond donors (Lipinski definition) is 1. The van der Waals surface area contributed by atoms with E-state index in [-0.39, 0.29) is 11.7 Å². The molecule has 0 aliphatic heterocycles. The number of nitrogens with zero attached hydrogens (tertiary/aromatic N) is 2. The third-order valence-corrected chi connectivity index (χ3v) is 4.02. The molecule has 6 heteroatoms. The number of aromatic nitrogens is 2. The predicted octanol–water partition coefficient (Wildman–Crippen LogP) is 2.60. The van der Waals surface area contributed by atoms with E-state index in [2.05, 4.69) is 10.3 Å². The maximum absolute atomic E-state index is 11.9. The van der Waals surface area contributed by atoms with E-state index >= 15 is 0 Å². The Bertz CT molecular complexity index is 823. The van der Waals surface area contributed by atoms with Gasteiger partial charge in [-0.05, 0) is 36.0 Å². The van der Waals surface area contributed by atoms with Crippen LogP contribution in [0.2, 0.25) is 0 Å². The zero-order chi connectivity index (χ0) is 15.4. The summed E-state index contributed by atoms with van der Waals surface area (Å²) in [5, 5.41) is 15.7. The SMILES string of the molecule is O=C(CSc1cccc[n+]1[O-])Nc1ccc2ccccc2n1. The first-order valence-corrected chi connectivity index (χ1v) is 7.67. The van der Waals surface area contributed by atoms with Crippen LogP contribution in [-0.4, -0.2) is 16.6 Å². The fraction of sp³-hybridized carbons (Fsp3) is 0.0625. The van der Waals surface area contributed by atoms with Gasteiger partial charge in [0, 0.05) is 17.5 Å². The highest BCUT2D eigenvalue weighted by Gasteiger charge is 2.09. The summed E-state index contributed by atoms with van der Waals surface area (Å²) < 4.78 is 0.742. The molecule has 22 heavy (non-hydrogen) atoms. The molecule has 0 saturated heterocycles. The van der Waals surface area contributed by atoms with E-state index in [1.54, 1.807) is 24.3 Å². The number of carbonyl (C=O) groups is 1. The van der Waals surface area contributed by atoms with E-state index in [1.165, 1.54) is 18.0 Å². The molecule has 0 atom stereocenters. The van der Waals surface area contributed by atoms with E-state index in [0.717, 1.165) is 15.6 Å². The van der Waals surface area contributed by atoms with Crippen molar-refractivity contribution in [2.24, 2.45) is 0 Å². The molecule has 3 aromatic rings. The molecule has 0 fully saturated rings. The molecular weight excluding hydrogens is 298 g/mol. The van der Waals surface area contributed by atoms with Gasteiger partial charge in [-0.3, -0.25) is 4.79 Å². The molecule has 0 aliphatic rings. The summed E-state index contributed by atoms with van der Waals surface area (Å²) in [5.41, 5.74) is 0.827. The number of rotatable bonds is 4. The largest absolute Gasteiger partial charge is 0.618 e. The quantitative estimate of drug-likeness (QED) is 0.457. The second-order valence-electron chi connectivity index (χ2n) is 4.59. The van der Waals surface area contributed by atoms with Crippen molar-refractivity contribution in [2.45, 2.75) is 5.03 Å². The van der Waals surface area contributed by atoms with Crippen LogP contribution in [0, 0.1) is 5.21 Å². The summed E-state index contributed by atoms with van der Waals surface area (Å²) in [6, 6.07) is 16.5. The number of anilines is 1. The van der Waals surface area contributed by atoms with Crippen molar-refractivity contribution < 1.29 is 9.52 Å². The van der Waals surface area contributed by atoms with Crippen molar-refractivity contribution in [3.63, 3.8) is 0 Å². The molecule has 2 heterocycles. The average molecular weight is 311 g/mol. The van der Waals surface area contributed by atoms with Crippen LogP contribution >= 0.6 is 11.8 Å². The highest BCUT2D eigenvalue weighted by molar-refractivity contribution is 7.99. The Morgan fingerprint density at radius 3 is 2.82 bits per heavy atom. The topological polar surface area (TPSA) is 68.9 Å². The highest BCUT2D eigenvalue weighted by atomic mass is 32.2. The molecule has 110 valence electrons. The summed E-state index contributed by atoms with van der Waals surface area (Å²) in [6.07, 6.45) is 1.41. The average Bonchev–Trinajstić information content (AvgIpc) is 2.54. The monoisotopic (exact) mass is 311 g/mol. The third-order valence-electron chi connectivity index (χ3n) is 3.01. The van der Waals surface area contributed by atoms with Gasteiger partial charge in [-0.15, -0.1) is 0 Å². The first-order chi connectivity index (χ1) is 10.7. The lowest BCUT2D eigenvalue weighted by Gasteiger charge is -2.06. The van der Waals surface area contributed by atoms with E-state index in [0.29, 0.717) is 10.8 Å². The van der Waals surface area contributed by atoms with Crippen molar-refractivity contribution in [1.29, 1.82) is 0 Å². The third kappa shape index (κ3) is 3.35. The van der Waals surface area contributed by atoms with Crippen molar-refractivity contribution in [2.75, 3.05) is 11.1 Å². The number of hydrogen-bond acceptors (Lipinski definition) is 4. The van der Waals surface area contributed by atoms with Gasteiger partial charge < -0.3 is 10.5 Å². The Morgan fingerprint density at radius 1 is 1.14 bits per heavy atom. The zero-order valence-corrected chi connectivity index (χ0v) is 12.4. The molecule has 0 spiro atoms. The Labute approximate surface area is 131 Å². The molecule has 0 bridgehead atoms. The Balaban J connectivity index is 1.64. The number of nitrogens with one attached hydrogen (secondary N) is 1. The van der Waals surface area contributed by atoms with Crippen LogP contribution in [0.1, 0.15) is 0 Å². The predicted molar refractivity (Wildman–Crippen MR) is 86.5 cm³/mol. The van der Waals surface area contributed by atoms with Crippen molar-refractivity contribution >= 4 is 34.4 Å². The fourth-order valence-corrected chi connectivity index (χ4v) is 2.69. The first kappa shape index (κ1) is 14.3. The zero-order valence-electron chi connectivity index (χ0n) is 11.6. The summed E-state index contributed by atoms with van der Waals surface area (Å²) >= 11 is 1.19. The van der Waals surface area contributed by atoms with E-state index in [1.807, 2.05) is 30.3 Å². The minimum absolute atomic E-state index is 0.154. The maximum Gasteiger partial charge on any atom is 0.251 e. The van der Waals surface area contributed by atoms with Crippen LogP contribution in [-0.2, 0) is 4.79 Å². The van der Waals surface area contributed by atoms with Crippen molar-refractivity contribution in [1.82, 2.24) is 4.98 Å². The Hall–Kier alpha value is -2.60. The van der Waals surface area contributed by atoms with Gasteiger partial charge in [0.05, 0.1) is 11.3 Å². The van der Waals surface area contributed by atoms with Crippen LogP contribution in [0.4, 0.5) is 5.82 Å². The lowest BCUT2D eigenvalue weighted by Crippen LogP contribution is -2.28. The standard InChI is InChI=1S/C16H13N3O2S/c20-15(11-22-16-7-3-4-10-19(16)21)18-14-9-8-12-5-1-2-6-13(12)17-14/h1-10H,11H2,(H,17,18,20). The summed E-state index contributed by atoms with van der Waals surface area (Å²) in [7, 11) is 0. The van der Waals surface area contributed by atoms with Gasteiger partial charge in [0.1, 0.15) is 5.82 Å². The van der Waals surface area contributed by atoms with E-state index < -0.39 is 0 Å². The van der Waals surface area contributed by atoms with Gasteiger partial charge in [-0.2, -0.15) is 4.73 Å². The molecule has 0 radical (unpaired) electrons. The lowest BCUT2D eigenvalue weighted by molar-refractivity contribution is -0.645. The molecule has 0 unspecified atom stereocenters. The fourth-order valence-electron chi connectivity index (χ4n) is 1.98. The second-order valence-corrected chi connectivity index (χ2v) is 5.59. The Morgan fingerprint density at radius 2 is 1.95 bits per heavy atom. The molecule has 5 nitrogen and oxygen atoms in total. The summed E-state index contributed by atoms with van der Waals surface area (Å²) in [6.45, 7) is 0. The summed E-state index contributed by atoms with van der Waals surface area (Å²) in [5.74, 6) is 0.463. The number of thioether (sulfide) groups is 1. The smallest absolute Gasteiger partial charge is 0.251 e. The molecule has 1 aromatic carbocycles. The molecule has 2 aromatic heterocycles. The summed E-state index contributed by atoms with van der Waals surface area (Å²) in [4.78, 5) is 16.3. The second kappa shape index (κ2) is 6.44.